The maximum Gasteiger partial charge on any atom is 0.321 e. The number of hydrogen-bond donors (Lipinski definition) is 3. The zero-order valence-corrected chi connectivity index (χ0v) is 25.9. The van der Waals surface area contributed by atoms with E-state index in [0.29, 0.717) is 18.0 Å². The van der Waals surface area contributed by atoms with Crippen LogP contribution in [-0.4, -0.2) is 93.1 Å². The highest BCUT2D eigenvalue weighted by molar-refractivity contribution is 7.92. The maximum absolute atomic E-state index is 14.1. The summed E-state index contributed by atoms with van der Waals surface area (Å²) < 4.78 is 38.7. The van der Waals surface area contributed by atoms with Crippen LogP contribution in [0.2, 0.25) is 0 Å². The van der Waals surface area contributed by atoms with Crippen LogP contribution in [0.3, 0.4) is 0 Å². The number of para-hydroxylation sites is 1. The molecule has 0 unspecified atom stereocenters. The minimum absolute atomic E-state index is 0.192. The fourth-order valence-corrected chi connectivity index (χ4v) is 5.31. The topological polar surface area (TPSA) is 138 Å². The number of nitrogens with one attached hydrogen (secondary N) is 2. The Bertz CT molecular complexity index is 1290. The molecule has 1 aliphatic heterocycles. The number of aliphatic hydroxyl groups excluding tert-OH is 1. The fourth-order valence-electron chi connectivity index (χ4n) is 4.76. The van der Waals surface area contributed by atoms with Crippen LogP contribution in [0.15, 0.2) is 48.5 Å². The van der Waals surface area contributed by atoms with Crippen LogP contribution < -0.4 is 14.8 Å². The van der Waals surface area contributed by atoms with E-state index in [1.807, 2.05) is 44.2 Å². The van der Waals surface area contributed by atoms with E-state index in [9.17, 15) is 23.1 Å². The van der Waals surface area contributed by atoms with Gasteiger partial charge in [-0.15, -0.1) is 0 Å². The number of anilines is 2. The average molecular weight is 605 g/mol. The molecule has 2 aromatic rings. The Kier molecular flexibility index (Phi) is 12.0. The molecular formula is C30H44N4O7S. The number of aliphatic hydroxyl groups is 1. The van der Waals surface area contributed by atoms with E-state index in [2.05, 4.69) is 10.0 Å². The Balaban J connectivity index is 1.91. The lowest BCUT2D eigenvalue weighted by Crippen LogP contribution is -2.48. The summed E-state index contributed by atoms with van der Waals surface area (Å²) >= 11 is 0. The van der Waals surface area contributed by atoms with Crippen molar-refractivity contribution in [3.8, 4) is 5.75 Å². The average Bonchev–Trinajstić information content (AvgIpc) is 2.94. The van der Waals surface area contributed by atoms with Gasteiger partial charge in [0.2, 0.25) is 10.0 Å². The van der Waals surface area contributed by atoms with Crippen molar-refractivity contribution in [1.29, 1.82) is 0 Å². The Labute approximate surface area is 249 Å². The minimum atomic E-state index is -3.58. The van der Waals surface area contributed by atoms with Crippen molar-refractivity contribution in [3.05, 3.63) is 54.1 Å². The molecule has 0 spiro atoms. The lowest BCUT2D eigenvalue weighted by molar-refractivity contribution is -0.0115. The monoisotopic (exact) mass is 604 g/mol. The first-order chi connectivity index (χ1) is 19.9. The first-order valence-electron chi connectivity index (χ1n) is 14.3. The molecule has 0 saturated heterocycles. The Morgan fingerprint density at radius 1 is 1.14 bits per heavy atom. The predicted octanol–water partition coefficient (Wildman–Crippen LogP) is 4.02. The van der Waals surface area contributed by atoms with Crippen molar-refractivity contribution in [2.75, 3.05) is 49.6 Å². The van der Waals surface area contributed by atoms with Crippen LogP contribution in [0.25, 0.3) is 0 Å². The van der Waals surface area contributed by atoms with Gasteiger partial charge in [-0.2, -0.15) is 0 Å². The number of urea groups is 1. The second-order valence-corrected chi connectivity index (χ2v) is 12.8. The van der Waals surface area contributed by atoms with E-state index in [0.717, 1.165) is 25.5 Å². The number of sulfonamides is 1. The number of amides is 3. The summed E-state index contributed by atoms with van der Waals surface area (Å²) in [5.41, 5.74) is 1.11. The first-order valence-corrected chi connectivity index (χ1v) is 16.2. The summed E-state index contributed by atoms with van der Waals surface area (Å²) in [4.78, 5) is 30.1. The van der Waals surface area contributed by atoms with E-state index in [4.69, 9.17) is 9.47 Å². The summed E-state index contributed by atoms with van der Waals surface area (Å²) in [7, 11) is -1.88. The van der Waals surface area contributed by atoms with Gasteiger partial charge in [-0.05, 0) is 63.4 Å². The third-order valence-electron chi connectivity index (χ3n) is 7.18. The van der Waals surface area contributed by atoms with Gasteiger partial charge in [0, 0.05) is 44.0 Å². The van der Waals surface area contributed by atoms with E-state index in [-0.39, 0.29) is 49.0 Å². The van der Waals surface area contributed by atoms with Gasteiger partial charge in [0.25, 0.3) is 5.91 Å². The minimum Gasteiger partial charge on any atom is -0.490 e. The molecule has 0 radical (unpaired) electrons. The van der Waals surface area contributed by atoms with Crippen LogP contribution in [0.5, 0.6) is 5.75 Å². The number of carbonyl (C=O) groups is 2. The number of rotatable bonds is 7. The van der Waals surface area contributed by atoms with Crippen molar-refractivity contribution in [2.45, 2.75) is 58.3 Å². The normalized spacial score (nSPS) is 21.3. The van der Waals surface area contributed by atoms with Crippen molar-refractivity contribution >= 4 is 33.3 Å². The maximum atomic E-state index is 14.1. The Morgan fingerprint density at radius 3 is 2.52 bits per heavy atom. The second-order valence-electron chi connectivity index (χ2n) is 11.1. The van der Waals surface area contributed by atoms with Crippen LogP contribution in [-0.2, 0) is 14.8 Å². The largest absolute Gasteiger partial charge is 0.490 e. The molecule has 3 rings (SSSR count). The third-order valence-corrected chi connectivity index (χ3v) is 7.79. The highest BCUT2D eigenvalue weighted by Crippen LogP contribution is 2.29. The molecule has 3 amide bonds. The third kappa shape index (κ3) is 9.88. The van der Waals surface area contributed by atoms with Gasteiger partial charge in [0.05, 0.1) is 36.7 Å². The molecule has 0 fully saturated rings. The zero-order chi connectivity index (χ0) is 30.9. The number of fused-ring (bicyclic) bond motifs is 1. The molecule has 42 heavy (non-hydrogen) atoms. The zero-order valence-electron chi connectivity index (χ0n) is 25.1. The summed E-state index contributed by atoms with van der Waals surface area (Å²) in [6.07, 6.45) is 2.77. The Morgan fingerprint density at radius 2 is 1.86 bits per heavy atom. The van der Waals surface area contributed by atoms with Gasteiger partial charge in [-0.25, -0.2) is 13.2 Å². The summed E-state index contributed by atoms with van der Waals surface area (Å²) in [5, 5.41) is 13.0. The molecule has 2 aromatic carbocycles. The number of likely N-dealkylation sites (N-methyl/N-ethyl adjacent to an activating group) is 1. The quantitative estimate of drug-likeness (QED) is 0.434. The lowest BCUT2D eigenvalue weighted by Gasteiger charge is -2.35. The number of nitrogens with zero attached hydrogens (tertiary/aromatic N) is 2. The smallest absolute Gasteiger partial charge is 0.321 e. The molecule has 0 saturated carbocycles. The molecule has 4 atom stereocenters. The molecule has 1 heterocycles. The van der Waals surface area contributed by atoms with Gasteiger partial charge < -0.3 is 29.7 Å². The van der Waals surface area contributed by atoms with E-state index in [1.165, 1.54) is 6.07 Å². The van der Waals surface area contributed by atoms with Crippen molar-refractivity contribution in [1.82, 2.24) is 9.80 Å². The van der Waals surface area contributed by atoms with Gasteiger partial charge in [-0.1, -0.05) is 25.1 Å². The Hall–Kier alpha value is -3.35. The van der Waals surface area contributed by atoms with Gasteiger partial charge in [0.15, 0.2) is 0 Å². The lowest BCUT2D eigenvalue weighted by atomic mass is 10.0. The number of carbonyl (C=O) groups excluding carboxylic acids is 2. The molecule has 0 aliphatic carbocycles. The SMILES string of the molecule is C[C@@H]1CCCCO[C@@H](CN(C)C(=O)Nc2ccccc2)[C@H](C)CN([C@H](C)CO)C(=O)c2cc(NS(C)(=O)=O)ccc2O1. The molecule has 0 aromatic heterocycles. The molecule has 12 heteroatoms. The predicted molar refractivity (Wildman–Crippen MR) is 163 cm³/mol. The molecule has 3 N–H and O–H groups in total. The van der Waals surface area contributed by atoms with E-state index < -0.39 is 28.1 Å². The highest BCUT2D eigenvalue weighted by Gasteiger charge is 2.31. The summed E-state index contributed by atoms with van der Waals surface area (Å²) in [5.74, 6) is -0.288. The van der Waals surface area contributed by atoms with Crippen LogP contribution in [0.1, 0.15) is 50.4 Å². The van der Waals surface area contributed by atoms with Crippen LogP contribution in [0.4, 0.5) is 16.2 Å². The first kappa shape index (κ1) is 33.2. The van der Waals surface area contributed by atoms with Gasteiger partial charge in [-0.3, -0.25) is 9.52 Å². The highest BCUT2D eigenvalue weighted by atomic mass is 32.2. The van der Waals surface area contributed by atoms with E-state index in [1.54, 1.807) is 35.9 Å². The molecule has 0 bridgehead atoms. The second kappa shape index (κ2) is 15.2. The van der Waals surface area contributed by atoms with Crippen LogP contribution >= 0.6 is 0 Å². The standard InChI is InChI=1S/C30H44N4O7S/c1-21-18-34(22(2)20-35)29(36)26-17-25(32-42(5,38)39)14-15-27(26)41-23(3)11-9-10-16-40-28(21)19-33(4)30(37)31-24-12-7-6-8-13-24/h6-8,12-15,17,21-23,28,32,35H,9-11,16,18-20H2,1-5H3,(H,31,37)/t21-,22-,23-,28+/m1/s1. The molecule has 11 nitrogen and oxygen atoms in total. The van der Waals surface area contributed by atoms with Crippen LogP contribution in [0, 0.1) is 5.92 Å². The number of hydrogen-bond acceptors (Lipinski definition) is 7. The molecule has 232 valence electrons. The number of ether oxygens (including phenoxy) is 2. The summed E-state index contributed by atoms with van der Waals surface area (Å²) in [6, 6.07) is 13.0. The fraction of sp³-hybridized carbons (Fsp3) is 0.533. The van der Waals surface area contributed by atoms with Gasteiger partial charge in [0.1, 0.15) is 5.75 Å². The summed E-state index contributed by atoms with van der Waals surface area (Å²) in [6.45, 7) is 6.32. The molecular weight excluding hydrogens is 560 g/mol. The van der Waals surface area contributed by atoms with Crippen molar-refractivity contribution < 1.29 is 32.6 Å². The van der Waals surface area contributed by atoms with Crippen molar-refractivity contribution in [2.24, 2.45) is 5.92 Å². The van der Waals surface area contributed by atoms with Gasteiger partial charge >= 0.3 is 6.03 Å². The number of benzene rings is 2. The van der Waals surface area contributed by atoms with E-state index >= 15 is 0 Å². The van der Waals surface area contributed by atoms with Crippen molar-refractivity contribution in [3.63, 3.8) is 0 Å². The molecule has 1 aliphatic rings.